The lowest BCUT2D eigenvalue weighted by Crippen LogP contribution is -2.28. The van der Waals surface area contributed by atoms with E-state index in [2.05, 4.69) is 6.07 Å². The first-order chi connectivity index (χ1) is 35.3. The van der Waals surface area contributed by atoms with E-state index in [4.69, 9.17) is 13.7 Å². The molecule has 0 heterocycles. The lowest BCUT2D eigenvalue weighted by Gasteiger charge is -2.34. The standard InChI is InChI=1S/C55H39N/c1-6-17-40(18-7-1)43-29-34-48(35-30-43)56(49-36-31-44(32-37-49)41-19-8-2-9-20-41)53-28-16-27-51-54(53)50-38-33-45(42-21-10-3-11-22-42)39-52(50)55(51,46-23-12-4-13-24-46)47-25-14-5-15-26-47/h1-39H/i1D,2D,6D,7D,8D,9D,17D,18D,19D,20D,29D,30D,31D,32D,34D,35D,36D,37D. The van der Waals surface area contributed by atoms with Gasteiger partial charge in [-0.1, -0.05) is 200 Å². The van der Waals surface area contributed by atoms with Gasteiger partial charge >= 0.3 is 0 Å². The Morgan fingerprint density at radius 1 is 0.357 bits per heavy atom. The molecule has 0 bridgehead atoms. The van der Waals surface area contributed by atoms with Crippen LogP contribution in [0.1, 0.15) is 46.9 Å². The minimum atomic E-state index is -1.13. The number of nitrogens with zero attached hydrogens (tertiary/aromatic N) is 1. The van der Waals surface area contributed by atoms with E-state index in [1.807, 2.05) is 109 Å². The highest BCUT2D eigenvalue weighted by Gasteiger charge is 2.47. The molecule has 0 spiro atoms. The van der Waals surface area contributed by atoms with Gasteiger partial charge in [-0.25, -0.2) is 0 Å². The average molecular weight is 732 g/mol. The number of anilines is 3. The van der Waals surface area contributed by atoms with E-state index in [0.29, 0.717) is 16.7 Å². The number of rotatable bonds is 8. The summed E-state index contributed by atoms with van der Waals surface area (Å²) in [7, 11) is 0. The Kier molecular flexibility index (Phi) is 4.92. The fourth-order valence-corrected chi connectivity index (χ4v) is 7.70. The van der Waals surface area contributed by atoms with Crippen molar-refractivity contribution in [2.45, 2.75) is 5.41 Å². The minimum absolute atomic E-state index is 0.0673. The Morgan fingerprint density at radius 2 is 0.839 bits per heavy atom. The summed E-state index contributed by atoms with van der Waals surface area (Å²) in [5.74, 6) is 0. The zero-order valence-electron chi connectivity index (χ0n) is 47.6. The molecule has 264 valence electrons. The van der Waals surface area contributed by atoms with Crippen molar-refractivity contribution in [2.24, 2.45) is 0 Å². The topological polar surface area (TPSA) is 3.24 Å². The maximum Gasteiger partial charge on any atom is 0.0714 e. The van der Waals surface area contributed by atoms with E-state index in [0.717, 1.165) is 32.7 Å². The Balaban J connectivity index is 1.38. The number of hydrogen-bond donors (Lipinski definition) is 0. The first-order valence-electron chi connectivity index (χ1n) is 26.9. The van der Waals surface area contributed by atoms with E-state index >= 15 is 0 Å². The maximum atomic E-state index is 9.79. The molecule has 1 aliphatic rings. The highest BCUT2D eigenvalue weighted by molar-refractivity contribution is 5.98. The quantitative estimate of drug-likeness (QED) is 0.150. The van der Waals surface area contributed by atoms with Crippen molar-refractivity contribution in [3.8, 4) is 44.5 Å². The van der Waals surface area contributed by atoms with Gasteiger partial charge in [-0.2, -0.15) is 0 Å². The van der Waals surface area contributed by atoms with Gasteiger partial charge in [0.15, 0.2) is 0 Å². The molecule has 1 nitrogen and oxygen atoms in total. The van der Waals surface area contributed by atoms with Crippen LogP contribution in [-0.2, 0) is 5.41 Å². The van der Waals surface area contributed by atoms with Crippen molar-refractivity contribution in [1.82, 2.24) is 0 Å². The van der Waals surface area contributed by atoms with Gasteiger partial charge in [0.2, 0.25) is 0 Å². The molecule has 0 fully saturated rings. The van der Waals surface area contributed by atoms with Crippen LogP contribution in [0.3, 0.4) is 0 Å². The third kappa shape index (κ3) is 5.65. The third-order valence-electron chi connectivity index (χ3n) is 10.1. The summed E-state index contributed by atoms with van der Waals surface area (Å²) in [4.78, 5) is 1.11. The minimum Gasteiger partial charge on any atom is -0.310 e. The lowest BCUT2D eigenvalue weighted by molar-refractivity contribution is 0.769. The fraction of sp³-hybridized carbons (Fsp3) is 0.0182. The maximum absolute atomic E-state index is 9.79. The van der Waals surface area contributed by atoms with Crippen molar-refractivity contribution >= 4 is 17.1 Å². The van der Waals surface area contributed by atoms with Crippen LogP contribution >= 0.6 is 0 Å². The Hall–Kier alpha value is -7.22. The molecule has 0 radical (unpaired) electrons. The van der Waals surface area contributed by atoms with Gasteiger partial charge in [-0.05, 0) is 97.5 Å². The summed E-state index contributed by atoms with van der Waals surface area (Å²) >= 11 is 0. The number of hydrogen-bond acceptors (Lipinski definition) is 1. The summed E-state index contributed by atoms with van der Waals surface area (Å²) in [5.41, 5.74) is 1.22. The second-order valence-corrected chi connectivity index (χ2v) is 13.1. The average Bonchev–Trinajstić information content (AvgIpc) is 3.72. The summed E-state index contributed by atoms with van der Waals surface area (Å²) < 4.78 is 162. The molecule has 10 rings (SSSR count). The number of fused-ring (bicyclic) bond motifs is 3. The first kappa shape index (κ1) is 19.4. The van der Waals surface area contributed by atoms with E-state index < -0.39 is 148 Å². The van der Waals surface area contributed by atoms with Crippen LogP contribution in [0.25, 0.3) is 44.5 Å². The van der Waals surface area contributed by atoms with Crippen LogP contribution in [0.4, 0.5) is 17.1 Å². The summed E-state index contributed by atoms with van der Waals surface area (Å²) in [6.07, 6.45) is 0. The molecule has 1 heteroatoms. The van der Waals surface area contributed by atoms with E-state index in [1.165, 1.54) is 0 Å². The number of benzene rings is 9. The zero-order valence-corrected chi connectivity index (χ0v) is 29.6. The van der Waals surface area contributed by atoms with Gasteiger partial charge in [-0.3, -0.25) is 0 Å². The molecule has 0 N–H and O–H groups in total. The lowest BCUT2D eigenvalue weighted by atomic mass is 9.67. The van der Waals surface area contributed by atoms with E-state index in [-0.39, 0.29) is 5.69 Å². The van der Waals surface area contributed by atoms with Crippen LogP contribution < -0.4 is 4.90 Å². The van der Waals surface area contributed by atoms with Crippen LogP contribution in [0, 0.1) is 0 Å². The molecular formula is C55H39N. The molecule has 1 aliphatic carbocycles. The van der Waals surface area contributed by atoms with Gasteiger partial charge in [0, 0.05) is 16.9 Å². The molecular weight excluding hydrogens is 675 g/mol. The Labute approximate surface area is 354 Å². The van der Waals surface area contributed by atoms with Crippen molar-refractivity contribution in [3.63, 3.8) is 0 Å². The Morgan fingerprint density at radius 3 is 1.36 bits per heavy atom. The summed E-state index contributed by atoms with van der Waals surface area (Å²) in [6.45, 7) is 0. The molecule has 0 aliphatic heterocycles. The second kappa shape index (κ2) is 14.2. The molecule has 0 atom stereocenters. The van der Waals surface area contributed by atoms with Gasteiger partial charge in [0.25, 0.3) is 0 Å². The Bertz CT molecular complexity index is 3540. The zero-order chi connectivity index (χ0) is 53.0. The molecule has 9 aromatic carbocycles. The largest absolute Gasteiger partial charge is 0.310 e. The van der Waals surface area contributed by atoms with Crippen molar-refractivity contribution in [2.75, 3.05) is 4.90 Å². The highest BCUT2D eigenvalue weighted by Crippen LogP contribution is 2.60. The van der Waals surface area contributed by atoms with Crippen LogP contribution in [0.2, 0.25) is 0 Å². The molecule has 0 saturated heterocycles. The second-order valence-electron chi connectivity index (χ2n) is 13.1. The molecule has 0 saturated carbocycles. The predicted octanol–water partition coefficient (Wildman–Crippen LogP) is 14.5. The van der Waals surface area contributed by atoms with Crippen molar-refractivity contribution in [3.05, 3.63) is 258 Å². The SMILES string of the molecule is [2H]c1c([2H])c([2H])c(-c2c([2H])c([2H])c(N(c3cccc4c3-c3ccc(-c5ccccc5)cc3C4(c3ccccc3)c3ccccc3)c3c([2H])c([2H])c(-c4c([2H])c([2H])c([2H])c([2H])c4[2H])c([2H])c3[2H])c([2H])c2[2H])c([2H])c1[2H]. The molecule has 9 aromatic rings. The van der Waals surface area contributed by atoms with E-state index in [1.54, 1.807) is 12.1 Å². The molecule has 0 unspecified atom stereocenters. The highest BCUT2D eigenvalue weighted by atomic mass is 15.1. The summed E-state index contributed by atoms with van der Waals surface area (Å²) in [5, 5.41) is 0. The first-order valence-corrected chi connectivity index (χ1v) is 17.9. The van der Waals surface area contributed by atoms with Gasteiger partial charge in [-0.15, -0.1) is 0 Å². The van der Waals surface area contributed by atoms with E-state index in [9.17, 15) is 11.0 Å². The van der Waals surface area contributed by atoms with Gasteiger partial charge < -0.3 is 4.90 Å². The third-order valence-corrected chi connectivity index (χ3v) is 10.1. The summed E-state index contributed by atoms with van der Waals surface area (Å²) in [6, 6.07) is 25.8. The smallest absolute Gasteiger partial charge is 0.0714 e. The monoisotopic (exact) mass is 731 g/mol. The molecule has 0 amide bonds. The van der Waals surface area contributed by atoms with Crippen LogP contribution in [-0.4, -0.2) is 0 Å². The normalized spacial score (nSPS) is 16.9. The molecule has 56 heavy (non-hydrogen) atoms. The van der Waals surface area contributed by atoms with Gasteiger partial charge in [0.1, 0.15) is 0 Å². The molecule has 0 aromatic heterocycles. The van der Waals surface area contributed by atoms with Crippen molar-refractivity contribution < 1.29 is 24.7 Å². The predicted molar refractivity (Wildman–Crippen MR) is 235 cm³/mol. The fourth-order valence-electron chi connectivity index (χ4n) is 7.70. The van der Waals surface area contributed by atoms with Crippen molar-refractivity contribution in [1.29, 1.82) is 0 Å². The van der Waals surface area contributed by atoms with Crippen LogP contribution in [0.15, 0.2) is 236 Å². The van der Waals surface area contributed by atoms with Gasteiger partial charge in [0.05, 0.1) is 35.8 Å². The van der Waals surface area contributed by atoms with Crippen LogP contribution in [0.5, 0.6) is 0 Å².